The van der Waals surface area contributed by atoms with E-state index in [-0.39, 0.29) is 18.3 Å². The maximum absolute atomic E-state index is 13.0. The number of aryl methyl sites for hydroxylation is 1. The summed E-state index contributed by atoms with van der Waals surface area (Å²) in [5.74, 6) is 0.393. The molecule has 3 rings (SSSR count). The minimum Gasteiger partial charge on any atom is -0.487 e. The number of thiazole rings is 1. The lowest BCUT2D eigenvalue weighted by Crippen LogP contribution is -2.43. The van der Waals surface area contributed by atoms with Gasteiger partial charge in [0.15, 0.2) is 0 Å². The van der Waals surface area contributed by atoms with Gasteiger partial charge in [-0.25, -0.2) is 4.98 Å². The number of hydrogen-bond donors (Lipinski definition) is 0. The number of likely N-dealkylation sites (N-methyl/N-ethyl adjacent to an activating group) is 1. The molecule has 1 fully saturated rings. The van der Waals surface area contributed by atoms with E-state index < -0.39 is 0 Å². The van der Waals surface area contributed by atoms with Crippen molar-refractivity contribution in [2.45, 2.75) is 52.7 Å². The molecule has 8 heteroatoms. The number of likely N-dealkylation sites (tertiary alicyclic amines) is 1. The van der Waals surface area contributed by atoms with Gasteiger partial charge in [0.1, 0.15) is 12.4 Å². The maximum Gasteiger partial charge on any atom is 0.307 e. The summed E-state index contributed by atoms with van der Waals surface area (Å²) in [5, 5.41) is 3.02. The fourth-order valence-electron chi connectivity index (χ4n) is 4.10. The number of esters is 1. The van der Waals surface area contributed by atoms with Crippen LogP contribution >= 0.6 is 11.3 Å². The molecule has 1 saturated heterocycles. The zero-order chi connectivity index (χ0) is 24.3. The van der Waals surface area contributed by atoms with Crippen LogP contribution in [0.3, 0.4) is 0 Å². The summed E-state index contributed by atoms with van der Waals surface area (Å²) < 4.78 is 10.8. The Bertz CT molecular complexity index is 957. The van der Waals surface area contributed by atoms with E-state index in [0.29, 0.717) is 32.3 Å². The molecule has 1 amide bonds. The number of ether oxygens (including phenoxy) is 2. The van der Waals surface area contributed by atoms with Crippen molar-refractivity contribution in [1.29, 1.82) is 0 Å². The van der Waals surface area contributed by atoms with Gasteiger partial charge in [0.25, 0.3) is 0 Å². The molecule has 1 aromatic heterocycles. The van der Waals surface area contributed by atoms with Crippen molar-refractivity contribution >= 4 is 29.3 Å². The van der Waals surface area contributed by atoms with Gasteiger partial charge >= 0.3 is 5.97 Å². The van der Waals surface area contributed by atoms with Crippen LogP contribution in [0, 0.1) is 6.92 Å². The van der Waals surface area contributed by atoms with E-state index in [2.05, 4.69) is 16.8 Å². The highest BCUT2D eigenvalue weighted by Crippen LogP contribution is 2.19. The number of nitrogens with zero attached hydrogens (tertiary/aromatic N) is 3. The van der Waals surface area contributed by atoms with Gasteiger partial charge < -0.3 is 14.4 Å². The molecule has 1 atom stereocenters. The van der Waals surface area contributed by atoms with Gasteiger partial charge in [0, 0.05) is 30.6 Å². The summed E-state index contributed by atoms with van der Waals surface area (Å²) in [6.07, 6.45) is 5.81. The van der Waals surface area contributed by atoms with E-state index in [1.54, 1.807) is 35.3 Å². The molecule has 0 bridgehead atoms. The molecule has 2 heterocycles. The first-order valence-corrected chi connectivity index (χ1v) is 12.9. The van der Waals surface area contributed by atoms with Gasteiger partial charge in [-0.1, -0.05) is 19.1 Å². The highest BCUT2D eigenvalue weighted by Gasteiger charge is 2.26. The third kappa shape index (κ3) is 7.95. The van der Waals surface area contributed by atoms with Crippen molar-refractivity contribution in [1.82, 2.24) is 14.8 Å². The fourth-order valence-corrected chi connectivity index (χ4v) is 4.70. The molecule has 1 aliphatic heterocycles. The molecule has 184 valence electrons. The lowest BCUT2D eigenvalue weighted by atomic mass is 10.1. The number of hydrogen-bond acceptors (Lipinski definition) is 7. The molecule has 0 spiro atoms. The Hall–Kier alpha value is -2.71. The third-order valence-corrected chi connectivity index (χ3v) is 6.71. The van der Waals surface area contributed by atoms with Crippen molar-refractivity contribution in [2.75, 3.05) is 32.8 Å². The molecule has 0 radical (unpaired) electrons. The normalized spacial score (nSPS) is 16.1. The minimum atomic E-state index is -0.272. The van der Waals surface area contributed by atoms with Crippen LogP contribution in [0.4, 0.5) is 0 Å². The standard InChI is InChI=1S/C26H35N3O4S/c1-4-28-15-6-7-23(28)17-29(16-14-26(31)32-5-2)25(30)13-10-21-8-11-24(12-9-21)33-18-22-19-34-20(3)27-22/h8-13,19,23H,4-7,14-18H2,1-3H3/b13-10+. The predicted molar refractivity (Wildman–Crippen MR) is 135 cm³/mol. The maximum atomic E-state index is 13.0. The smallest absolute Gasteiger partial charge is 0.307 e. The van der Waals surface area contributed by atoms with E-state index in [9.17, 15) is 9.59 Å². The SMILES string of the molecule is CCOC(=O)CCN(CC1CCCN1CC)C(=O)/C=C/c1ccc(OCc2csc(C)n2)cc1. The summed E-state index contributed by atoms with van der Waals surface area (Å²) in [6, 6.07) is 7.95. The molecule has 0 N–H and O–H groups in total. The van der Waals surface area contributed by atoms with Gasteiger partial charge in [-0.3, -0.25) is 14.5 Å². The van der Waals surface area contributed by atoms with Gasteiger partial charge in [-0.15, -0.1) is 11.3 Å². The van der Waals surface area contributed by atoms with Crippen molar-refractivity contribution in [3.05, 3.63) is 52.0 Å². The second-order valence-corrected chi connectivity index (χ2v) is 9.38. The predicted octanol–water partition coefficient (Wildman–Crippen LogP) is 4.31. The Morgan fingerprint density at radius 3 is 2.74 bits per heavy atom. The second kappa shape index (κ2) is 13.2. The number of aromatic nitrogens is 1. The van der Waals surface area contributed by atoms with E-state index in [4.69, 9.17) is 9.47 Å². The molecule has 2 aromatic rings. The van der Waals surface area contributed by atoms with E-state index >= 15 is 0 Å². The average Bonchev–Trinajstić information content (AvgIpc) is 3.47. The van der Waals surface area contributed by atoms with Gasteiger partial charge in [0.05, 0.1) is 23.7 Å². The molecular weight excluding hydrogens is 450 g/mol. The van der Waals surface area contributed by atoms with Crippen LogP contribution in [0.2, 0.25) is 0 Å². The van der Waals surface area contributed by atoms with E-state index in [1.165, 1.54) is 0 Å². The molecule has 1 aromatic carbocycles. The number of rotatable bonds is 12. The molecule has 0 saturated carbocycles. The summed E-state index contributed by atoms with van der Waals surface area (Å²) in [4.78, 5) is 33.5. The Morgan fingerprint density at radius 2 is 2.06 bits per heavy atom. The first kappa shape index (κ1) is 25.9. The van der Waals surface area contributed by atoms with Crippen LogP contribution in [0.5, 0.6) is 5.75 Å². The summed E-state index contributed by atoms with van der Waals surface area (Å²) in [7, 11) is 0. The Balaban J connectivity index is 1.58. The number of carbonyl (C=O) groups excluding carboxylic acids is 2. The summed E-state index contributed by atoms with van der Waals surface area (Å²) in [6.45, 7) is 9.71. The molecule has 0 aliphatic carbocycles. The molecule has 7 nitrogen and oxygen atoms in total. The molecule has 1 aliphatic rings. The van der Waals surface area contributed by atoms with Crippen LogP contribution in [0.15, 0.2) is 35.7 Å². The Kier molecular flexibility index (Phi) is 10.1. The first-order valence-electron chi connectivity index (χ1n) is 12.0. The Morgan fingerprint density at radius 1 is 1.26 bits per heavy atom. The fraction of sp³-hybridized carbons (Fsp3) is 0.500. The van der Waals surface area contributed by atoms with E-state index in [0.717, 1.165) is 47.9 Å². The summed E-state index contributed by atoms with van der Waals surface area (Å²) in [5.41, 5.74) is 1.83. The largest absolute Gasteiger partial charge is 0.487 e. The van der Waals surface area contributed by atoms with Crippen LogP contribution in [-0.2, 0) is 20.9 Å². The van der Waals surface area contributed by atoms with Crippen molar-refractivity contribution in [2.24, 2.45) is 0 Å². The summed E-state index contributed by atoms with van der Waals surface area (Å²) >= 11 is 1.61. The Labute approximate surface area is 206 Å². The number of amides is 1. The van der Waals surface area contributed by atoms with Crippen molar-refractivity contribution in [3.8, 4) is 5.75 Å². The quantitative estimate of drug-likeness (QED) is 0.330. The minimum absolute atomic E-state index is 0.0912. The number of carbonyl (C=O) groups is 2. The molecule has 34 heavy (non-hydrogen) atoms. The van der Waals surface area contributed by atoms with Crippen LogP contribution in [0.25, 0.3) is 6.08 Å². The highest BCUT2D eigenvalue weighted by molar-refractivity contribution is 7.09. The first-order chi connectivity index (χ1) is 16.5. The zero-order valence-electron chi connectivity index (χ0n) is 20.4. The van der Waals surface area contributed by atoms with Gasteiger partial charge in [0.2, 0.25) is 5.91 Å². The zero-order valence-corrected chi connectivity index (χ0v) is 21.2. The molecular formula is C26H35N3O4S. The monoisotopic (exact) mass is 485 g/mol. The van der Waals surface area contributed by atoms with Gasteiger partial charge in [-0.2, -0.15) is 0 Å². The van der Waals surface area contributed by atoms with Crippen LogP contribution < -0.4 is 4.74 Å². The topological polar surface area (TPSA) is 72.0 Å². The van der Waals surface area contributed by atoms with Crippen LogP contribution in [0.1, 0.15) is 49.4 Å². The molecule has 1 unspecified atom stereocenters. The van der Waals surface area contributed by atoms with Gasteiger partial charge in [-0.05, 0) is 63.6 Å². The number of benzene rings is 1. The average molecular weight is 486 g/mol. The van der Waals surface area contributed by atoms with Crippen molar-refractivity contribution < 1.29 is 19.1 Å². The highest BCUT2D eigenvalue weighted by atomic mass is 32.1. The lowest BCUT2D eigenvalue weighted by molar-refractivity contribution is -0.143. The van der Waals surface area contributed by atoms with Crippen LogP contribution in [-0.4, -0.2) is 65.5 Å². The third-order valence-electron chi connectivity index (χ3n) is 5.89. The van der Waals surface area contributed by atoms with E-state index in [1.807, 2.05) is 36.6 Å². The second-order valence-electron chi connectivity index (χ2n) is 8.31. The lowest BCUT2D eigenvalue weighted by Gasteiger charge is -2.29. The van der Waals surface area contributed by atoms with Crippen molar-refractivity contribution in [3.63, 3.8) is 0 Å².